The highest BCUT2D eigenvalue weighted by atomic mass is 19.4. The van der Waals surface area contributed by atoms with Crippen LogP contribution in [-0.2, 0) is 6.18 Å². The highest BCUT2D eigenvalue weighted by molar-refractivity contribution is 5.77. The topological polar surface area (TPSA) is 20.3 Å². The lowest BCUT2D eigenvalue weighted by atomic mass is 10.1. The van der Waals surface area contributed by atoms with E-state index in [0.29, 0.717) is 19.4 Å². The normalized spacial score (nSPS) is 16.3. The Hall–Kier alpha value is -1.52. The fourth-order valence-electron chi connectivity index (χ4n) is 2.09. The van der Waals surface area contributed by atoms with Gasteiger partial charge in [0.25, 0.3) is 0 Å². The molecule has 0 atom stereocenters. The van der Waals surface area contributed by atoms with Crippen LogP contribution in [0.4, 0.5) is 18.9 Å². The van der Waals surface area contributed by atoms with Crippen LogP contribution in [0.5, 0.6) is 0 Å². The van der Waals surface area contributed by atoms with Crippen molar-refractivity contribution >= 4 is 12.0 Å². The summed E-state index contributed by atoms with van der Waals surface area (Å²) in [5.74, 6) is 0. The van der Waals surface area contributed by atoms with Gasteiger partial charge in [-0.1, -0.05) is 0 Å². The van der Waals surface area contributed by atoms with E-state index in [9.17, 15) is 18.0 Å². The average molecular weight is 243 g/mol. The number of alkyl halides is 3. The van der Waals surface area contributed by atoms with Crippen molar-refractivity contribution in [3.8, 4) is 0 Å². The number of aldehydes is 1. The highest BCUT2D eigenvalue weighted by Gasteiger charge is 2.35. The van der Waals surface area contributed by atoms with E-state index in [4.69, 9.17) is 0 Å². The second-order valence-corrected chi connectivity index (χ2v) is 4.09. The monoisotopic (exact) mass is 243 g/mol. The highest BCUT2D eigenvalue weighted by Crippen LogP contribution is 2.38. The molecule has 0 N–H and O–H groups in total. The predicted molar refractivity (Wildman–Crippen MR) is 58.3 cm³/mol. The molecule has 0 spiro atoms. The zero-order valence-electron chi connectivity index (χ0n) is 9.13. The van der Waals surface area contributed by atoms with Crippen LogP contribution < -0.4 is 4.90 Å². The molecule has 1 aromatic rings. The summed E-state index contributed by atoms with van der Waals surface area (Å²) in [6.07, 6.45) is -2.17. The number of anilines is 1. The number of carbonyl (C=O) groups excluding carboxylic acids is 1. The van der Waals surface area contributed by atoms with Crippen LogP contribution in [0, 0.1) is 0 Å². The summed E-state index contributed by atoms with van der Waals surface area (Å²) in [7, 11) is 0. The maximum atomic E-state index is 12.9. The molecule has 92 valence electrons. The molecular weight excluding hydrogens is 231 g/mol. The first kappa shape index (κ1) is 12.0. The SMILES string of the molecule is O=Cc1ccc(N2CCCC2)c(C(F)(F)F)c1. The summed E-state index contributed by atoms with van der Waals surface area (Å²) in [5, 5.41) is 0. The molecule has 17 heavy (non-hydrogen) atoms. The summed E-state index contributed by atoms with van der Waals surface area (Å²) in [6.45, 7) is 1.28. The molecule has 0 amide bonds. The Kier molecular flexibility index (Phi) is 3.09. The Labute approximate surface area is 97.0 Å². The number of hydrogen-bond acceptors (Lipinski definition) is 2. The third-order valence-electron chi connectivity index (χ3n) is 2.91. The van der Waals surface area contributed by atoms with Crippen molar-refractivity contribution in [2.75, 3.05) is 18.0 Å². The van der Waals surface area contributed by atoms with Gasteiger partial charge >= 0.3 is 6.18 Å². The van der Waals surface area contributed by atoms with Gasteiger partial charge in [0.1, 0.15) is 6.29 Å². The Bertz CT molecular complexity index is 422. The summed E-state index contributed by atoms with van der Waals surface area (Å²) in [4.78, 5) is 12.3. The third-order valence-corrected chi connectivity index (χ3v) is 2.91. The van der Waals surface area contributed by atoms with E-state index in [1.807, 2.05) is 0 Å². The first-order chi connectivity index (χ1) is 8.02. The maximum absolute atomic E-state index is 12.9. The molecule has 0 aromatic heterocycles. The van der Waals surface area contributed by atoms with Crippen molar-refractivity contribution < 1.29 is 18.0 Å². The number of hydrogen-bond donors (Lipinski definition) is 0. The van der Waals surface area contributed by atoms with E-state index in [1.54, 1.807) is 4.90 Å². The van der Waals surface area contributed by atoms with Gasteiger partial charge in [-0.25, -0.2) is 0 Å². The fraction of sp³-hybridized carbons (Fsp3) is 0.417. The molecule has 1 saturated heterocycles. The van der Waals surface area contributed by atoms with Crippen LogP contribution >= 0.6 is 0 Å². The second-order valence-electron chi connectivity index (χ2n) is 4.09. The molecule has 1 aromatic carbocycles. The lowest BCUT2D eigenvalue weighted by molar-refractivity contribution is -0.137. The maximum Gasteiger partial charge on any atom is 0.418 e. The van der Waals surface area contributed by atoms with Crippen molar-refractivity contribution in [2.24, 2.45) is 0 Å². The minimum absolute atomic E-state index is 0.0558. The molecule has 1 aliphatic heterocycles. The molecule has 1 fully saturated rings. The molecule has 0 radical (unpaired) electrons. The van der Waals surface area contributed by atoms with Crippen molar-refractivity contribution in [3.63, 3.8) is 0 Å². The zero-order valence-corrected chi connectivity index (χ0v) is 9.13. The van der Waals surface area contributed by atoms with E-state index >= 15 is 0 Å². The molecule has 0 aliphatic carbocycles. The van der Waals surface area contributed by atoms with Gasteiger partial charge in [-0.3, -0.25) is 4.79 Å². The Morgan fingerprint density at radius 3 is 2.35 bits per heavy atom. The zero-order chi connectivity index (χ0) is 12.5. The third kappa shape index (κ3) is 2.43. The minimum atomic E-state index is -4.42. The molecule has 2 rings (SSSR count). The van der Waals surface area contributed by atoms with Crippen LogP contribution in [0.1, 0.15) is 28.8 Å². The first-order valence-electron chi connectivity index (χ1n) is 5.44. The predicted octanol–water partition coefficient (Wildman–Crippen LogP) is 3.12. The van der Waals surface area contributed by atoms with Crippen molar-refractivity contribution in [1.29, 1.82) is 0 Å². The lowest BCUT2D eigenvalue weighted by Crippen LogP contribution is -2.22. The molecule has 2 nitrogen and oxygen atoms in total. The van der Waals surface area contributed by atoms with Crippen LogP contribution in [0.2, 0.25) is 0 Å². The van der Waals surface area contributed by atoms with E-state index in [1.165, 1.54) is 12.1 Å². The van der Waals surface area contributed by atoms with Gasteiger partial charge in [-0.05, 0) is 31.0 Å². The second kappa shape index (κ2) is 4.39. The van der Waals surface area contributed by atoms with Gasteiger partial charge in [0.15, 0.2) is 0 Å². The van der Waals surface area contributed by atoms with Gasteiger partial charge < -0.3 is 4.90 Å². The molecular formula is C12H12F3NO. The van der Waals surface area contributed by atoms with E-state index in [2.05, 4.69) is 0 Å². The quantitative estimate of drug-likeness (QED) is 0.744. The fourth-order valence-corrected chi connectivity index (χ4v) is 2.09. The largest absolute Gasteiger partial charge is 0.418 e. The summed E-state index contributed by atoms with van der Waals surface area (Å²) >= 11 is 0. The molecule has 0 saturated carbocycles. The number of rotatable bonds is 2. The van der Waals surface area contributed by atoms with Crippen molar-refractivity contribution in [2.45, 2.75) is 19.0 Å². The number of halogens is 3. The summed E-state index contributed by atoms with van der Waals surface area (Å²) < 4.78 is 38.6. The first-order valence-corrected chi connectivity index (χ1v) is 5.44. The van der Waals surface area contributed by atoms with Crippen molar-refractivity contribution in [1.82, 2.24) is 0 Å². The number of benzene rings is 1. The molecule has 1 heterocycles. The summed E-state index contributed by atoms with van der Waals surface area (Å²) in [6, 6.07) is 3.73. The average Bonchev–Trinajstić information content (AvgIpc) is 2.80. The van der Waals surface area contributed by atoms with Crippen LogP contribution in [0.3, 0.4) is 0 Å². The molecule has 1 aliphatic rings. The van der Waals surface area contributed by atoms with Crippen LogP contribution in [0.25, 0.3) is 0 Å². The Morgan fingerprint density at radius 1 is 1.18 bits per heavy atom. The number of carbonyl (C=O) groups is 1. The minimum Gasteiger partial charge on any atom is -0.371 e. The smallest absolute Gasteiger partial charge is 0.371 e. The van der Waals surface area contributed by atoms with Gasteiger partial charge in [0, 0.05) is 24.3 Å². The van der Waals surface area contributed by atoms with E-state index in [-0.39, 0.29) is 11.3 Å². The van der Waals surface area contributed by atoms with Crippen LogP contribution in [-0.4, -0.2) is 19.4 Å². The van der Waals surface area contributed by atoms with Crippen molar-refractivity contribution in [3.05, 3.63) is 29.3 Å². The van der Waals surface area contributed by atoms with Gasteiger partial charge in [0.2, 0.25) is 0 Å². The molecule has 5 heteroatoms. The summed E-state index contributed by atoms with van der Waals surface area (Å²) in [5.41, 5.74) is -0.482. The Morgan fingerprint density at radius 2 is 1.82 bits per heavy atom. The van der Waals surface area contributed by atoms with Gasteiger partial charge in [-0.15, -0.1) is 0 Å². The number of nitrogens with zero attached hydrogens (tertiary/aromatic N) is 1. The molecule has 0 bridgehead atoms. The Balaban J connectivity index is 2.46. The van der Waals surface area contributed by atoms with Crippen LogP contribution in [0.15, 0.2) is 18.2 Å². The van der Waals surface area contributed by atoms with E-state index in [0.717, 1.165) is 18.9 Å². The van der Waals surface area contributed by atoms with E-state index < -0.39 is 11.7 Å². The molecule has 0 unspecified atom stereocenters. The standard InChI is InChI=1S/C12H12F3NO/c13-12(14,15)10-7-9(8-17)3-4-11(10)16-5-1-2-6-16/h3-4,7-8H,1-2,5-6H2. The lowest BCUT2D eigenvalue weighted by Gasteiger charge is -2.22. The van der Waals surface area contributed by atoms with Gasteiger partial charge in [-0.2, -0.15) is 13.2 Å². The van der Waals surface area contributed by atoms with Gasteiger partial charge in [0.05, 0.1) is 5.56 Å².